The molecule has 5 rings (SSSR count). The van der Waals surface area contributed by atoms with E-state index in [4.69, 9.17) is 23.4 Å². The number of fused-ring (bicyclic) bond motifs is 6. The lowest BCUT2D eigenvalue weighted by Crippen LogP contribution is -2.86. The fourth-order valence-electron chi connectivity index (χ4n) is 9.21. The van der Waals surface area contributed by atoms with Crippen molar-refractivity contribution in [2.45, 2.75) is 104 Å². The second kappa shape index (κ2) is 11.3. The van der Waals surface area contributed by atoms with Crippen molar-refractivity contribution >= 4 is 29.7 Å². The van der Waals surface area contributed by atoms with Crippen molar-refractivity contribution < 1.29 is 57.6 Å². The molecule has 3 aliphatic carbocycles. The molecule has 2 N–H and O–H groups in total. The molecule has 2 bridgehead atoms. The number of rotatable bonds is 7. The predicted octanol–water partition coefficient (Wildman–Crippen LogP) is 3.63. The molecule has 4 aliphatic rings. The van der Waals surface area contributed by atoms with Crippen LogP contribution in [0.25, 0.3) is 0 Å². The van der Waals surface area contributed by atoms with Gasteiger partial charge in [-0.1, -0.05) is 55.4 Å². The van der Waals surface area contributed by atoms with E-state index >= 15 is 4.79 Å². The maximum absolute atomic E-state index is 15.1. The van der Waals surface area contributed by atoms with Crippen LogP contribution in [0.2, 0.25) is 0 Å². The molecular weight excluding hydrogens is 612 g/mol. The summed E-state index contributed by atoms with van der Waals surface area (Å²) >= 11 is 0. The molecule has 0 aromatic carbocycles. The molecule has 0 amide bonds. The lowest BCUT2D eigenvalue weighted by Gasteiger charge is -2.71. The van der Waals surface area contributed by atoms with Crippen molar-refractivity contribution in [3.8, 4) is 0 Å². The van der Waals surface area contributed by atoms with Crippen LogP contribution in [-0.4, -0.2) is 70.4 Å². The Morgan fingerprint density at radius 2 is 1.55 bits per heavy atom. The average Bonchev–Trinajstić information content (AvgIpc) is 3.53. The molecular formula is C35H46O12. The smallest absolute Gasteiger partial charge is 0.331 e. The minimum atomic E-state index is -2.81. The van der Waals surface area contributed by atoms with Crippen LogP contribution >= 0.6 is 0 Å². The van der Waals surface area contributed by atoms with E-state index in [1.807, 2.05) is 0 Å². The Morgan fingerprint density at radius 3 is 2.09 bits per heavy atom. The number of esters is 4. The van der Waals surface area contributed by atoms with Crippen LogP contribution in [-0.2, 0) is 42.9 Å². The second-order valence-electron chi connectivity index (χ2n) is 15.3. The lowest BCUT2D eigenvalue weighted by atomic mass is 9.35. The van der Waals surface area contributed by atoms with Crippen LogP contribution in [0.4, 0.5) is 0 Å². The van der Waals surface area contributed by atoms with E-state index in [-0.39, 0.29) is 18.4 Å². The molecule has 1 aromatic rings. The molecule has 1 aliphatic heterocycles. The summed E-state index contributed by atoms with van der Waals surface area (Å²) in [5.41, 5.74) is -8.65. The quantitative estimate of drug-likeness (QED) is 0.322. The van der Waals surface area contributed by atoms with Crippen molar-refractivity contribution in [3.63, 3.8) is 0 Å². The van der Waals surface area contributed by atoms with Crippen molar-refractivity contribution in [1.29, 1.82) is 0 Å². The zero-order valence-corrected chi connectivity index (χ0v) is 28.4. The van der Waals surface area contributed by atoms with Crippen molar-refractivity contribution in [2.75, 3.05) is 7.11 Å². The normalized spacial score (nSPS) is 38.9. The number of Topliss-reactive ketones (excluding diaryl/α,β-unsaturated/α-hetero) is 1. The molecule has 12 nitrogen and oxygen atoms in total. The van der Waals surface area contributed by atoms with E-state index in [2.05, 4.69) is 0 Å². The van der Waals surface area contributed by atoms with Gasteiger partial charge in [-0.25, -0.2) is 4.79 Å². The number of carbonyl (C=O) groups is 5. The fourth-order valence-corrected chi connectivity index (χ4v) is 9.21. The van der Waals surface area contributed by atoms with Gasteiger partial charge in [0.05, 0.1) is 31.5 Å². The van der Waals surface area contributed by atoms with Crippen LogP contribution < -0.4 is 0 Å². The highest BCUT2D eigenvalue weighted by molar-refractivity contribution is 5.99. The molecule has 47 heavy (non-hydrogen) atoms. The maximum atomic E-state index is 15.1. The first kappa shape index (κ1) is 34.8. The number of ether oxygens (including phenoxy) is 4. The van der Waals surface area contributed by atoms with Gasteiger partial charge in [0.15, 0.2) is 11.9 Å². The number of methoxy groups -OCH3 is 1. The van der Waals surface area contributed by atoms with Crippen molar-refractivity contribution in [2.24, 2.45) is 39.9 Å². The van der Waals surface area contributed by atoms with Gasteiger partial charge in [0.1, 0.15) is 17.8 Å². The number of aliphatic hydroxyl groups is 2. The van der Waals surface area contributed by atoms with Gasteiger partial charge in [-0.05, 0) is 30.4 Å². The maximum Gasteiger partial charge on any atom is 0.331 e. The number of hydrogen-bond donors (Lipinski definition) is 2. The molecule has 258 valence electrons. The average molecular weight is 659 g/mol. The summed E-state index contributed by atoms with van der Waals surface area (Å²) in [5.74, 6) is -7.28. The van der Waals surface area contributed by atoms with E-state index in [1.54, 1.807) is 61.5 Å². The van der Waals surface area contributed by atoms with Gasteiger partial charge in [-0.2, -0.15) is 0 Å². The van der Waals surface area contributed by atoms with Crippen LogP contribution in [0.1, 0.15) is 86.3 Å². The number of carbonyl (C=O) groups excluding carboxylic acids is 5. The van der Waals surface area contributed by atoms with E-state index in [9.17, 15) is 29.4 Å². The highest BCUT2D eigenvalue weighted by Gasteiger charge is 2.84. The Labute approximate surface area is 274 Å². The summed E-state index contributed by atoms with van der Waals surface area (Å²) in [6.07, 6.45) is -0.487. The zero-order valence-electron chi connectivity index (χ0n) is 28.4. The molecule has 0 radical (unpaired) electrons. The first-order chi connectivity index (χ1) is 21.7. The fraction of sp³-hybridized carbons (Fsp3) is 0.686. The van der Waals surface area contributed by atoms with E-state index in [0.29, 0.717) is 12.0 Å². The van der Waals surface area contributed by atoms with Gasteiger partial charge < -0.3 is 33.6 Å². The van der Waals surface area contributed by atoms with Crippen LogP contribution in [0.15, 0.2) is 34.7 Å². The summed E-state index contributed by atoms with van der Waals surface area (Å²) < 4.78 is 28.2. The van der Waals surface area contributed by atoms with E-state index in [0.717, 1.165) is 6.08 Å². The third-order valence-electron chi connectivity index (χ3n) is 11.5. The van der Waals surface area contributed by atoms with E-state index in [1.165, 1.54) is 19.6 Å². The van der Waals surface area contributed by atoms with Crippen LogP contribution in [0.3, 0.4) is 0 Å². The molecule has 3 saturated carbocycles. The van der Waals surface area contributed by atoms with Gasteiger partial charge >= 0.3 is 23.9 Å². The first-order valence-corrected chi connectivity index (χ1v) is 16.2. The number of hydrogen-bond acceptors (Lipinski definition) is 12. The van der Waals surface area contributed by atoms with Crippen LogP contribution in [0, 0.1) is 39.9 Å². The monoisotopic (exact) mass is 658 g/mol. The van der Waals surface area contributed by atoms with Gasteiger partial charge in [-0.3, -0.25) is 19.2 Å². The van der Waals surface area contributed by atoms with Crippen LogP contribution in [0.5, 0.6) is 0 Å². The molecule has 1 aromatic heterocycles. The second-order valence-corrected chi connectivity index (χ2v) is 15.3. The first-order valence-electron chi connectivity index (χ1n) is 16.2. The Bertz CT molecular complexity index is 1510. The molecule has 0 spiro atoms. The number of furan rings is 1. The zero-order chi connectivity index (χ0) is 35.1. The summed E-state index contributed by atoms with van der Waals surface area (Å²) in [4.78, 5) is 68.1. The molecule has 3 fully saturated rings. The minimum absolute atomic E-state index is 0.105. The topological polar surface area (TPSA) is 176 Å². The molecule has 9 atom stereocenters. The largest absolute Gasteiger partial charge is 0.472 e. The Balaban J connectivity index is 1.85. The van der Waals surface area contributed by atoms with Gasteiger partial charge in [0.2, 0.25) is 5.60 Å². The highest BCUT2D eigenvalue weighted by Crippen LogP contribution is 2.71. The SMILES string of the molecule is COC(=O)CC1C(C)(C)C(OC(=O)C(C)C)C2(O)C(=O)C1(C)C1CCC3(C)C(=CC(=O)OC3c3ccoc3)C1(O)C2OC(=O)C(C)C. The van der Waals surface area contributed by atoms with Crippen molar-refractivity contribution in [3.05, 3.63) is 35.8 Å². The minimum Gasteiger partial charge on any atom is -0.472 e. The molecule has 2 heterocycles. The number of cyclic esters (lactones) is 1. The molecule has 9 unspecified atom stereocenters. The Hall–Kier alpha value is -3.51. The third kappa shape index (κ3) is 4.72. The third-order valence-corrected chi connectivity index (χ3v) is 11.5. The van der Waals surface area contributed by atoms with E-state index < -0.39 is 99.1 Å². The summed E-state index contributed by atoms with van der Waals surface area (Å²) in [6, 6.07) is 1.64. The number of ketones is 1. The Kier molecular flexibility index (Phi) is 8.36. The molecule has 12 heteroatoms. The lowest BCUT2D eigenvalue weighted by molar-refractivity contribution is -0.313. The summed E-state index contributed by atoms with van der Waals surface area (Å²) in [6.45, 7) is 13.0. The summed E-state index contributed by atoms with van der Waals surface area (Å²) in [5, 5.41) is 26.4. The molecule has 0 saturated heterocycles. The Morgan fingerprint density at radius 1 is 0.957 bits per heavy atom. The predicted molar refractivity (Wildman–Crippen MR) is 163 cm³/mol. The van der Waals surface area contributed by atoms with Crippen molar-refractivity contribution in [1.82, 2.24) is 0 Å². The standard InChI is InChI=1S/C35H46O12/c1-17(2)26(38)46-29-31(5,6)21(14-23(36)43-9)33(8)20-10-12-32(7)22(15-24(37)45-25(32)19-11-13-44-16-19)34(20,41)30(35(29,42)28(33)40)47-27(39)18(3)4/h11,13,15-18,20-21,25,29-30,41-42H,10,12,14H2,1-9H3. The highest BCUT2D eigenvalue weighted by atomic mass is 16.6. The summed E-state index contributed by atoms with van der Waals surface area (Å²) in [7, 11) is 1.22. The van der Waals surface area contributed by atoms with Gasteiger partial charge in [0.25, 0.3) is 0 Å². The van der Waals surface area contributed by atoms with Gasteiger partial charge in [-0.15, -0.1) is 0 Å². The van der Waals surface area contributed by atoms with Gasteiger partial charge in [0, 0.05) is 40.2 Å².